The molecule has 1 saturated carbocycles. The van der Waals surface area contributed by atoms with Gasteiger partial charge >= 0.3 is 0 Å². The van der Waals surface area contributed by atoms with Crippen LogP contribution in [-0.2, 0) is 10.2 Å². The van der Waals surface area contributed by atoms with Crippen molar-refractivity contribution in [2.75, 3.05) is 0 Å². The maximum atomic E-state index is 12.1. The van der Waals surface area contributed by atoms with E-state index in [4.69, 9.17) is 11.6 Å². The molecule has 86 valence electrons. The lowest BCUT2D eigenvalue weighted by molar-refractivity contribution is -0.124. The number of carbonyl (C=O) groups excluding carboxylic acids is 1. The van der Waals surface area contributed by atoms with Gasteiger partial charge in [-0.15, -0.1) is 0 Å². The van der Waals surface area contributed by atoms with E-state index in [-0.39, 0.29) is 17.4 Å². The van der Waals surface area contributed by atoms with E-state index in [2.05, 4.69) is 5.32 Å². The number of benzene rings is 1. The van der Waals surface area contributed by atoms with Crippen molar-refractivity contribution in [3.8, 4) is 0 Å². The molecule has 0 atom stereocenters. The largest absolute Gasteiger partial charge is 0.353 e. The highest BCUT2D eigenvalue weighted by molar-refractivity contribution is 6.30. The smallest absolute Gasteiger partial charge is 0.230 e. The predicted molar refractivity (Wildman–Crippen MR) is 65.6 cm³/mol. The van der Waals surface area contributed by atoms with Crippen molar-refractivity contribution >= 4 is 17.5 Å². The minimum atomic E-state index is -0.310. The van der Waals surface area contributed by atoms with Gasteiger partial charge in [0.1, 0.15) is 0 Å². The van der Waals surface area contributed by atoms with Gasteiger partial charge in [0.2, 0.25) is 5.91 Å². The molecule has 1 aliphatic rings. The molecule has 1 N–H and O–H groups in total. The van der Waals surface area contributed by atoms with E-state index in [1.807, 2.05) is 38.1 Å². The quantitative estimate of drug-likeness (QED) is 0.861. The zero-order valence-electron chi connectivity index (χ0n) is 9.59. The second-order valence-corrected chi connectivity index (χ2v) is 5.16. The van der Waals surface area contributed by atoms with Crippen LogP contribution in [0, 0.1) is 0 Å². The summed E-state index contributed by atoms with van der Waals surface area (Å²) in [5.74, 6) is 0.129. The number of nitrogens with one attached hydrogen (secondary N) is 1. The van der Waals surface area contributed by atoms with Gasteiger partial charge in [-0.3, -0.25) is 4.79 Å². The van der Waals surface area contributed by atoms with Crippen molar-refractivity contribution in [1.29, 1.82) is 0 Å². The van der Waals surface area contributed by atoms with Crippen molar-refractivity contribution < 1.29 is 4.79 Å². The monoisotopic (exact) mass is 237 g/mol. The molecule has 1 aromatic rings. The Labute approximate surface area is 101 Å². The highest BCUT2D eigenvalue weighted by atomic mass is 35.5. The molecule has 0 aromatic heterocycles. The summed E-state index contributed by atoms with van der Waals surface area (Å²) in [4.78, 5) is 12.1. The Bertz CT molecular complexity index is 410. The highest BCUT2D eigenvalue weighted by Crippen LogP contribution is 2.48. The fraction of sp³-hybridized carbons (Fsp3) is 0.462. The lowest BCUT2D eigenvalue weighted by atomic mass is 9.95. The minimum Gasteiger partial charge on any atom is -0.353 e. The molecular weight excluding hydrogens is 222 g/mol. The molecule has 0 bridgehead atoms. The van der Waals surface area contributed by atoms with E-state index >= 15 is 0 Å². The normalized spacial score (nSPS) is 17.2. The molecule has 0 spiro atoms. The maximum Gasteiger partial charge on any atom is 0.230 e. The van der Waals surface area contributed by atoms with Crippen LogP contribution in [0.2, 0.25) is 5.02 Å². The summed E-state index contributed by atoms with van der Waals surface area (Å²) < 4.78 is 0. The summed E-state index contributed by atoms with van der Waals surface area (Å²) in [6, 6.07) is 7.80. The molecule has 3 heteroatoms. The van der Waals surface area contributed by atoms with Crippen LogP contribution < -0.4 is 5.32 Å². The summed E-state index contributed by atoms with van der Waals surface area (Å²) in [5.41, 5.74) is 0.730. The van der Waals surface area contributed by atoms with Crippen LogP contribution in [0.3, 0.4) is 0 Å². The number of amides is 1. The fourth-order valence-corrected chi connectivity index (χ4v) is 2.15. The molecule has 0 radical (unpaired) electrons. The number of carbonyl (C=O) groups is 1. The average molecular weight is 238 g/mol. The number of rotatable bonds is 3. The Morgan fingerprint density at radius 1 is 1.44 bits per heavy atom. The lowest BCUT2D eigenvalue weighted by Gasteiger charge is -2.17. The molecular formula is C13H16ClNO. The fourth-order valence-electron chi connectivity index (χ4n) is 1.96. The van der Waals surface area contributed by atoms with Crippen LogP contribution in [0.25, 0.3) is 0 Å². The van der Waals surface area contributed by atoms with Crippen LogP contribution in [0.1, 0.15) is 32.3 Å². The van der Waals surface area contributed by atoms with E-state index in [1.54, 1.807) is 0 Å². The molecule has 0 saturated heterocycles. The van der Waals surface area contributed by atoms with E-state index in [1.165, 1.54) is 0 Å². The Morgan fingerprint density at radius 2 is 2.12 bits per heavy atom. The molecule has 1 aliphatic carbocycles. The molecule has 0 heterocycles. The van der Waals surface area contributed by atoms with Crippen molar-refractivity contribution in [2.45, 2.75) is 38.1 Å². The van der Waals surface area contributed by atoms with E-state index in [0.717, 1.165) is 18.4 Å². The van der Waals surface area contributed by atoms with Crippen LogP contribution >= 0.6 is 11.6 Å². The van der Waals surface area contributed by atoms with Gasteiger partial charge in [0, 0.05) is 11.1 Å². The van der Waals surface area contributed by atoms with Crippen molar-refractivity contribution in [2.24, 2.45) is 0 Å². The molecule has 0 aliphatic heterocycles. The summed E-state index contributed by atoms with van der Waals surface area (Å²) >= 11 is 5.96. The minimum absolute atomic E-state index is 0.129. The number of hydrogen-bond donors (Lipinski definition) is 1. The number of halogens is 1. The van der Waals surface area contributed by atoms with Gasteiger partial charge in [-0.05, 0) is 44.4 Å². The highest BCUT2D eigenvalue weighted by Gasteiger charge is 2.51. The van der Waals surface area contributed by atoms with Crippen molar-refractivity contribution in [3.05, 3.63) is 34.9 Å². The van der Waals surface area contributed by atoms with Gasteiger partial charge in [-0.2, -0.15) is 0 Å². The second-order valence-electron chi connectivity index (χ2n) is 4.72. The van der Waals surface area contributed by atoms with Crippen LogP contribution in [0.4, 0.5) is 0 Å². The average Bonchev–Trinajstić information content (AvgIpc) is 2.97. The SMILES string of the molecule is CC(C)NC(=O)C1(c2cccc(Cl)c2)CC1. The maximum absolute atomic E-state index is 12.1. The Morgan fingerprint density at radius 3 is 2.62 bits per heavy atom. The van der Waals surface area contributed by atoms with Crippen LogP contribution in [0.15, 0.2) is 24.3 Å². The third-order valence-corrected chi connectivity index (χ3v) is 3.22. The molecule has 1 amide bonds. The van der Waals surface area contributed by atoms with E-state index in [9.17, 15) is 4.79 Å². The Balaban J connectivity index is 2.23. The van der Waals surface area contributed by atoms with E-state index < -0.39 is 0 Å². The molecule has 2 rings (SSSR count). The van der Waals surface area contributed by atoms with Gasteiger partial charge in [0.25, 0.3) is 0 Å². The molecule has 1 fully saturated rings. The van der Waals surface area contributed by atoms with Crippen molar-refractivity contribution in [1.82, 2.24) is 5.32 Å². The van der Waals surface area contributed by atoms with Crippen LogP contribution in [-0.4, -0.2) is 11.9 Å². The van der Waals surface area contributed by atoms with E-state index in [0.29, 0.717) is 5.02 Å². The molecule has 16 heavy (non-hydrogen) atoms. The van der Waals surface area contributed by atoms with Gasteiger partial charge in [0.15, 0.2) is 0 Å². The Hall–Kier alpha value is -1.02. The summed E-state index contributed by atoms with van der Waals surface area (Å²) in [5, 5.41) is 3.68. The number of hydrogen-bond acceptors (Lipinski definition) is 1. The third kappa shape index (κ3) is 2.07. The zero-order valence-corrected chi connectivity index (χ0v) is 10.3. The van der Waals surface area contributed by atoms with Crippen LogP contribution in [0.5, 0.6) is 0 Å². The standard InChI is InChI=1S/C13H16ClNO/c1-9(2)15-12(16)13(6-7-13)10-4-3-5-11(14)8-10/h3-5,8-9H,6-7H2,1-2H3,(H,15,16). The van der Waals surface area contributed by atoms with Gasteiger partial charge in [-0.25, -0.2) is 0 Å². The summed E-state index contributed by atoms with van der Waals surface area (Å²) in [6.45, 7) is 3.96. The molecule has 0 unspecified atom stereocenters. The summed E-state index contributed by atoms with van der Waals surface area (Å²) in [6.07, 6.45) is 1.85. The van der Waals surface area contributed by atoms with Gasteiger partial charge in [-0.1, -0.05) is 23.7 Å². The topological polar surface area (TPSA) is 29.1 Å². The first-order valence-electron chi connectivity index (χ1n) is 5.61. The van der Waals surface area contributed by atoms with Gasteiger partial charge in [0.05, 0.1) is 5.41 Å². The molecule has 1 aromatic carbocycles. The lowest BCUT2D eigenvalue weighted by Crippen LogP contribution is -2.38. The second kappa shape index (κ2) is 4.10. The zero-order chi connectivity index (χ0) is 11.8. The summed E-state index contributed by atoms with van der Waals surface area (Å²) in [7, 11) is 0. The predicted octanol–water partition coefficient (Wildman–Crippen LogP) is 2.90. The van der Waals surface area contributed by atoms with Crippen molar-refractivity contribution in [3.63, 3.8) is 0 Å². The third-order valence-electron chi connectivity index (χ3n) is 2.98. The molecule has 2 nitrogen and oxygen atoms in total. The Kier molecular flexibility index (Phi) is 2.94. The van der Waals surface area contributed by atoms with Gasteiger partial charge < -0.3 is 5.32 Å². The first-order chi connectivity index (χ1) is 7.54. The first-order valence-corrected chi connectivity index (χ1v) is 5.99. The first kappa shape index (κ1) is 11.5.